The van der Waals surface area contributed by atoms with Crippen molar-refractivity contribution in [1.29, 1.82) is 0 Å². The lowest BCUT2D eigenvalue weighted by Gasteiger charge is -2.28. The summed E-state index contributed by atoms with van der Waals surface area (Å²) in [6, 6.07) is 16.1. The van der Waals surface area contributed by atoms with Gasteiger partial charge in [-0.05, 0) is 35.6 Å². The van der Waals surface area contributed by atoms with Crippen LogP contribution in [0.3, 0.4) is 0 Å². The maximum absolute atomic E-state index is 13.7. The number of hydrogen-bond donors (Lipinski definition) is 2. The minimum atomic E-state index is -1.00. The number of carboxylic acids is 1. The van der Waals surface area contributed by atoms with Crippen molar-refractivity contribution in [2.24, 2.45) is 0 Å². The standard InChI is InChI=1S/C20H22FNO2/c1-14-4-2-3-5-16(14)10-15-6-8-17(9-7-15)20(12-19(23)24)11-18(21)13-22-20/h2-9,18,22H,10-13H2,1H3,(H,23,24)/t18-,20-/m0/s1. The third-order valence-electron chi connectivity index (χ3n) is 4.85. The van der Waals surface area contributed by atoms with E-state index >= 15 is 0 Å². The zero-order chi connectivity index (χ0) is 17.2. The van der Waals surface area contributed by atoms with Crippen LogP contribution in [-0.2, 0) is 16.8 Å². The fourth-order valence-corrected chi connectivity index (χ4v) is 3.51. The van der Waals surface area contributed by atoms with Crippen LogP contribution in [0.15, 0.2) is 48.5 Å². The van der Waals surface area contributed by atoms with E-state index in [9.17, 15) is 14.3 Å². The predicted molar refractivity (Wildman–Crippen MR) is 91.9 cm³/mol. The number of alkyl halides is 1. The lowest BCUT2D eigenvalue weighted by atomic mass is 9.84. The molecule has 0 amide bonds. The first kappa shape index (κ1) is 16.7. The molecule has 2 N–H and O–H groups in total. The molecule has 0 unspecified atom stereocenters. The van der Waals surface area contributed by atoms with Gasteiger partial charge in [0.1, 0.15) is 6.17 Å². The number of carboxylic acid groups (broad SMARTS) is 1. The normalized spacial score (nSPS) is 23.3. The number of carbonyl (C=O) groups is 1. The molecule has 1 aliphatic rings. The summed E-state index contributed by atoms with van der Waals surface area (Å²) in [5, 5.41) is 12.3. The average molecular weight is 327 g/mol. The van der Waals surface area contributed by atoms with Gasteiger partial charge in [-0.25, -0.2) is 4.39 Å². The van der Waals surface area contributed by atoms with Crippen molar-refractivity contribution in [1.82, 2.24) is 5.32 Å². The van der Waals surface area contributed by atoms with E-state index in [1.165, 1.54) is 11.1 Å². The van der Waals surface area contributed by atoms with Crippen molar-refractivity contribution < 1.29 is 14.3 Å². The van der Waals surface area contributed by atoms with E-state index in [-0.39, 0.29) is 19.4 Å². The van der Waals surface area contributed by atoms with Gasteiger partial charge in [0.05, 0.1) is 12.0 Å². The molecule has 1 saturated heterocycles. The van der Waals surface area contributed by atoms with Gasteiger partial charge in [0.25, 0.3) is 0 Å². The second kappa shape index (κ2) is 6.73. The van der Waals surface area contributed by atoms with Crippen LogP contribution in [-0.4, -0.2) is 23.8 Å². The van der Waals surface area contributed by atoms with Gasteiger partial charge in [0, 0.05) is 13.0 Å². The van der Waals surface area contributed by atoms with Crippen LogP contribution < -0.4 is 5.32 Å². The number of aliphatic carboxylic acids is 1. The number of rotatable bonds is 5. The quantitative estimate of drug-likeness (QED) is 0.882. The second-order valence-electron chi connectivity index (χ2n) is 6.64. The zero-order valence-corrected chi connectivity index (χ0v) is 13.8. The van der Waals surface area contributed by atoms with Crippen LogP contribution in [0.4, 0.5) is 4.39 Å². The Bertz CT molecular complexity index is 729. The summed E-state index contributed by atoms with van der Waals surface area (Å²) in [6.07, 6.45) is -0.0741. The van der Waals surface area contributed by atoms with Gasteiger partial charge < -0.3 is 10.4 Å². The van der Waals surface area contributed by atoms with Crippen molar-refractivity contribution in [3.63, 3.8) is 0 Å². The Labute approximate surface area is 141 Å². The van der Waals surface area contributed by atoms with Crippen molar-refractivity contribution in [3.05, 3.63) is 70.8 Å². The first-order valence-corrected chi connectivity index (χ1v) is 8.23. The van der Waals surface area contributed by atoms with Gasteiger partial charge in [0.15, 0.2) is 0 Å². The number of benzene rings is 2. The van der Waals surface area contributed by atoms with Crippen molar-refractivity contribution >= 4 is 5.97 Å². The molecule has 0 aromatic heterocycles. The SMILES string of the molecule is Cc1ccccc1Cc1ccc([C@@]2(CC(=O)O)C[C@H](F)CN2)cc1. The zero-order valence-electron chi connectivity index (χ0n) is 13.8. The van der Waals surface area contributed by atoms with E-state index in [4.69, 9.17) is 0 Å². The van der Waals surface area contributed by atoms with Crippen LogP contribution in [0.2, 0.25) is 0 Å². The van der Waals surface area contributed by atoms with Gasteiger partial charge in [0.2, 0.25) is 0 Å². The highest BCUT2D eigenvalue weighted by molar-refractivity contribution is 5.69. The van der Waals surface area contributed by atoms with Gasteiger partial charge in [-0.3, -0.25) is 4.79 Å². The number of hydrogen-bond acceptors (Lipinski definition) is 2. The van der Waals surface area contributed by atoms with Gasteiger partial charge in [-0.1, -0.05) is 48.5 Å². The molecule has 0 spiro atoms. The minimum Gasteiger partial charge on any atom is -0.481 e. The molecule has 24 heavy (non-hydrogen) atoms. The molecule has 1 heterocycles. The Balaban J connectivity index is 1.82. The maximum Gasteiger partial charge on any atom is 0.305 e. The Morgan fingerprint density at radius 3 is 2.54 bits per heavy atom. The molecule has 4 heteroatoms. The Kier molecular flexibility index (Phi) is 4.67. The van der Waals surface area contributed by atoms with E-state index in [1.54, 1.807) is 0 Å². The highest BCUT2D eigenvalue weighted by atomic mass is 19.1. The van der Waals surface area contributed by atoms with E-state index in [1.807, 2.05) is 36.4 Å². The molecule has 0 aliphatic carbocycles. The molecule has 2 aromatic carbocycles. The summed E-state index contributed by atoms with van der Waals surface area (Å²) in [5.74, 6) is -0.916. The van der Waals surface area contributed by atoms with Crippen LogP contribution in [0.25, 0.3) is 0 Å². The molecule has 1 aliphatic heterocycles. The highest BCUT2D eigenvalue weighted by Gasteiger charge is 2.42. The van der Waals surface area contributed by atoms with Crippen molar-refractivity contribution in [2.75, 3.05) is 6.54 Å². The monoisotopic (exact) mass is 327 g/mol. The second-order valence-corrected chi connectivity index (χ2v) is 6.64. The van der Waals surface area contributed by atoms with E-state index in [0.717, 1.165) is 17.5 Å². The first-order chi connectivity index (χ1) is 11.5. The summed E-state index contributed by atoms with van der Waals surface area (Å²) in [5.41, 5.74) is 3.73. The Hall–Kier alpha value is -2.20. The smallest absolute Gasteiger partial charge is 0.305 e. The fourth-order valence-electron chi connectivity index (χ4n) is 3.51. The lowest BCUT2D eigenvalue weighted by molar-refractivity contribution is -0.138. The molecule has 1 fully saturated rings. The first-order valence-electron chi connectivity index (χ1n) is 8.23. The fraction of sp³-hybridized carbons (Fsp3) is 0.350. The number of nitrogens with one attached hydrogen (secondary N) is 1. The van der Waals surface area contributed by atoms with Crippen molar-refractivity contribution in [3.8, 4) is 0 Å². The summed E-state index contributed by atoms with van der Waals surface area (Å²) < 4.78 is 13.7. The summed E-state index contributed by atoms with van der Waals surface area (Å²) >= 11 is 0. The molecule has 2 atom stereocenters. The molecule has 0 saturated carbocycles. The molecule has 126 valence electrons. The minimum absolute atomic E-state index is 0.107. The van der Waals surface area contributed by atoms with E-state index < -0.39 is 17.7 Å². The highest BCUT2D eigenvalue weighted by Crippen LogP contribution is 2.35. The van der Waals surface area contributed by atoms with Crippen molar-refractivity contribution in [2.45, 2.75) is 37.9 Å². The van der Waals surface area contributed by atoms with Gasteiger partial charge in [-0.15, -0.1) is 0 Å². The van der Waals surface area contributed by atoms with Crippen LogP contribution >= 0.6 is 0 Å². The Morgan fingerprint density at radius 1 is 1.25 bits per heavy atom. The summed E-state index contributed by atoms with van der Waals surface area (Å²) in [7, 11) is 0. The van der Waals surface area contributed by atoms with E-state index in [2.05, 4.69) is 24.4 Å². The number of aryl methyl sites for hydroxylation is 1. The average Bonchev–Trinajstić information content (AvgIpc) is 2.91. The third-order valence-corrected chi connectivity index (χ3v) is 4.85. The van der Waals surface area contributed by atoms with Gasteiger partial charge >= 0.3 is 5.97 Å². The summed E-state index contributed by atoms with van der Waals surface area (Å²) in [6.45, 7) is 2.30. The Morgan fingerprint density at radius 2 is 1.96 bits per heavy atom. The summed E-state index contributed by atoms with van der Waals surface area (Å²) in [4.78, 5) is 11.2. The van der Waals surface area contributed by atoms with Crippen LogP contribution in [0.5, 0.6) is 0 Å². The van der Waals surface area contributed by atoms with Gasteiger partial charge in [-0.2, -0.15) is 0 Å². The molecular weight excluding hydrogens is 305 g/mol. The van der Waals surface area contributed by atoms with E-state index in [0.29, 0.717) is 0 Å². The predicted octanol–water partition coefficient (Wildman–Crippen LogP) is 3.59. The molecule has 0 bridgehead atoms. The van der Waals surface area contributed by atoms with Crippen LogP contribution in [0, 0.1) is 6.92 Å². The molecule has 3 rings (SSSR count). The molecule has 2 aromatic rings. The number of halogens is 1. The molecule has 0 radical (unpaired) electrons. The largest absolute Gasteiger partial charge is 0.481 e. The topological polar surface area (TPSA) is 49.3 Å². The maximum atomic E-state index is 13.7. The lowest BCUT2D eigenvalue weighted by Crippen LogP contribution is -2.38. The van der Waals surface area contributed by atoms with Crippen LogP contribution in [0.1, 0.15) is 35.1 Å². The molecular formula is C20H22FNO2. The third kappa shape index (κ3) is 3.49. The molecule has 3 nitrogen and oxygen atoms in total.